The summed E-state index contributed by atoms with van der Waals surface area (Å²) < 4.78 is 1.87. The SMILES string of the molecule is CCNC(CCc1cnn(C)c1)c1ccc(C)cc1C. The number of benzene rings is 1. The van der Waals surface area contributed by atoms with Gasteiger partial charge in [0, 0.05) is 19.3 Å². The molecule has 108 valence electrons. The average molecular weight is 271 g/mol. The zero-order valence-electron chi connectivity index (χ0n) is 13.0. The van der Waals surface area contributed by atoms with E-state index in [0.717, 1.165) is 19.4 Å². The molecule has 0 spiro atoms. The second kappa shape index (κ2) is 6.71. The summed E-state index contributed by atoms with van der Waals surface area (Å²) in [5.74, 6) is 0. The standard InChI is InChI=1S/C17H25N3/c1-5-18-17(9-7-15-11-19-20(4)12-15)16-8-6-13(2)10-14(16)3/h6,8,10-12,17-18H,5,7,9H2,1-4H3. The molecule has 3 heteroatoms. The molecule has 1 aromatic heterocycles. The second-order valence-corrected chi connectivity index (χ2v) is 5.53. The van der Waals surface area contributed by atoms with Crippen LogP contribution < -0.4 is 5.32 Å². The zero-order chi connectivity index (χ0) is 14.5. The van der Waals surface area contributed by atoms with Crippen molar-refractivity contribution in [2.75, 3.05) is 6.54 Å². The van der Waals surface area contributed by atoms with Crippen molar-refractivity contribution in [2.45, 2.75) is 39.7 Å². The fourth-order valence-electron chi connectivity index (χ4n) is 2.74. The van der Waals surface area contributed by atoms with Crippen molar-refractivity contribution in [3.63, 3.8) is 0 Å². The first-order valence-corrected chi connectivity index (χ1v) is 7.38. The van der Waals surface area contributed by atoms with E-state index in [2.05, 4.69) is 55.6 Å². The number of rotatable bonds is 6. The van der Waals surface area contributed by atoms with Crippen LogP contribution in [0.4, 0.5) is 0 Å². The van der Waals surface area contributed by atoms with Crippen LogP contribution in [0.1, 0.15) is 41.6 Å². The number of aryl methyl sites for hydroxylation is 4. The van der Waals surface area contributed by atoms with Gasteiger partial charge < -0.3 is 5.32 Å². The number of nitrogens with one attached hydrogen (secondary N) is 1. The van der Waals surface area contributed by atoms with Gasteiger partial charge >= 0.3 is 0 Å². The lowest BCUT2D eigenvalue weighted by molar-refractivity contribution is 0.513. The fraction of sp³-hybridized carbons (Fsp3) is 0.471. The molecule has 20 heavy (non-hydrogen) atoms. The molecule has 0 saturated carbocycles. The van der Waals surface area contributed by atoms with Gasteiger partial charge in [-0.05, 0) is 49.9 Å². The number of aromatic nitrogens is 2. The maximum atomic E-state index is 4.24. The highest BCUT2D eigenvalue weighted by molar-refractivity contribution is 5.33. The Labute approximate surface area is 122 Å². The van der Waals surface area contributed by atoms with Crippen LogP contribution in [0.15, 0.2) is 30.6 Å². The van der Waals surface area contributed by atoms with E-state index in [1.54, 1.807) is 0 Å². The number of hydrogen-bond donors (Lipinski definition) is 1. The Hall–Kier alpha value is -1.61. The molecule has 1 N–H and O–H groups in total. The molecular formula is C17H25N3. The number of nitrogens with zero attached hydrogens (tertiary/aromatic N) is 2. The molecule has 3 nitrogen and oxygen atoms in total. The van der Waals surface area contributed by atoms with E-state index in [4.69, 9.17) is 0 Å². The van der Waals surface area contributed by atoms with Gasteiger partial charge in [0.1, 0.15) is 0 Å². The largest absolute Gasteiger partial charge is 0.310 e. The van der Waals surface area contributed by atoms with Gasteiger partial charge in [0.05, 0.1) is 6.20 Å². The summed E-state index contributed by atoms with van der Waals surface area (Å²) in [6.45, 7) is 7.51. The zero-order valence-corrected chi connectivity index (χ0v) is 13.0. The van der Waals surface area contributed by atoms with Gasteiger partial charge in [-0.2, -0.15) is 5.10 Å². The van der Waals surface area contributed by atoms with Crippen LogP contribution in [0.25, 0.3) is 0 Å². The summed E-state index contributed by atoms with van der Waals surface area (Å²) in [5, 5.41) is 7.85. The summed E-state index contributed by atoms with van der Waals surface area (Å²) >= 11 is 0. The fourth-order valence-corrected chi connectivity index (χ4v) is 2.74. The van der Waals surface area contributed by atoms with Crippen molar-refractivity contribution < 1.29 is 0 Å². The number of hydrogen-bond acceptors (Lipinski definition) is 2. The third-order valence-electron chi connectivity index (χ3n) is 3.73. The minimum Gasteiger partial charge on any atom is -0.310 e. The Morgan fingerprint density at radius 3 is 2.70 bits per heavy atom. The van der Waals surface area contributed by atoms with Crippen LogP contribution in [-0.4, -0.2) is 16.3 Å². The molecule has 0 aliphatic rings. The highest BCUT2D eigenvalue weighted by atomic mass is 15.2. The van der Waals surface area contributed by atoms with Crippen molar-refractivity contribution in [2.24, 2.45) is 7.05 Å². The first-order chi connectivity index (χ1) is 9.60. The van der Waals surface area contributed by atoms with Gasteiger partial charge in [0.15, 0.2) is 0 Å². The molecule has 0 aliphatic heterocycles. The molecular weight excluding hydrogens is 246 g/mol. The highest BCUT2D eigenvalue weighted by Crippen LogP contribution is 2.23. The lowest BCUT2D eigenvalue weighted by atomic mass is 9.95. The highest BCUT2D eigenvalue weighted by Gasteiger charge is 2.13. The summed E-state index contributed by atoms with van der Waals surface area (Å²) in [5.41, 5.74) is 5.43. The van der Waals surface area contributed by atoms with Crippen LogP contribution in [0.2, 0.25) is 0 Å². The lowest BCUT2D eigenvalue weighted by Gasteiger charge is -2.20. The Balaban J connectivity index is 2.09. The summed E-state index contributed by atoms with van der Waals surface area (Å²) in [4.78, 5) is 0. The quantitative estimate of drug-likeness (QED) is 0.873. The summed E-state index contributed by atoms with van der Waals surface area (Å²) in [6.07, 6.45) is 6.22. The van der Waals surface area contributed by atoms with Crippen LogP contribution >= 0.6 is 0 Å². The minimum absolute atomic E-state index is 0.417. The van der Waals surface area contributed by atoms with E-state index >= 15 is 0 Å². The van der Waals surface area contributed by atoms with Gasteiger partial charge in [-0.3, -0.25) is 4.68 Å². The topological polar surface area (TPSA) is 29.9 Å². The molecule has 0 fully saturated rings. The maximum Gasteiger partial charge on any atom is 0.0521 e. The predicted octanol–water partition coefficient (Wildman–Crippen LogP) is 3.32. The van der Waals surface area contributed by atoms with Crippen LogP contribution in [0.3, 0.4) is 0 Å². The summed E-state index contributed by atoms with van der Waals surface area (Å²) in [6, 6.07) is 7.16. The maximum absolute atomic E-state index is 4.24. The van der Waals surface area contributed by atoms with Crippen LogP contribution in [-0.2, 0) is 13.5 Å². The lowest BCUT2D eigenvalue weighted by Crippen LogP contribution is -2.22. The Morgan fingerprint density at radius 2 is 2.10 bits per heavy atom. The smallest absolute Gasteiger partial charge is 0.0521 e. The van der Waals surface area contributed by atoms with Gasteiger partial charge in [0.25, 0.3) is 0 Å². The molecule has 2 rings (SSSR count). The van der Waals surface area contributed by atoms with Gasteiger partial charge in [-0.1, -0.05) is 30.7 Å². The second-order valence-electron chi connectivity index (χ2n) is 5.53. The van der Waals surface area contributed by atoms with Crippen LogP contribution in [0, 0.1) is 13.8 Å². The first-order valence-electron chi connectivity index (χ1n) is 7.38. The Bertz CT molecular complexity index is 557. The van der Waals surface area contributed by atoms with E-state index in [-0.39, 0.29) is 0 Å². The minimum atomic E-state index is 0.417. The molecule has 0 radical (unpaired) electrons. The normalized spacial score (nSPS) is 12.6. The first kappa shape index (κ1) is 14.8. The van der Waals surface area contributed by atoms with E-state index in [1.165, 1.54) is 22.3 Å². The van der Waals surface area contributed by atoms with E-state index in [1.807, 2.05) is 17.9 Å². The monoisotopic (exact) mass is 271 g/mol. The molecule has 1 aromatic carbocycles. The molecule has 1 unspecified atom stereocenters. The molecule has 0 bridgehead atoms. The van der Waals surface area contributed by atoms with E-state index < -0.39 is 0 Å². The third kappa shape index (κ3) is 3.70. The third-order valence-corrected chi connectivity index (χ3v) is 3.73. The average Bonchev–Trinajstić information content (AvgIpc) is 2.81. The summed E-state index contributed by atoms with van der Waals surface area (Å²) in [7, 11) is 1.97. The van der Waals surface area contributed by atoms with Crippen molar-refractivity contribution in [1.82, 2.24) is 15.1 Å². The van der Waals surface area contributed by atoms with Gasteiger partial charge in [0.2, 0.25) is 0 Å². The van der Waals surface area contributed by atoms with Crippen molar-refractivity contribution in [3.05, 3.63) is 52.8 Å². The molecule has 0 aliphatic carbocycles. The molecule has 1 atom stereocenters. The van der Waals surface area contributed by atoms with Crippen molar-refractivity contribution in [1.29, 1.82) is 0 Å². The van der Waals surface area contributed by atoms with Crippen molar-refractivity contribution >= 4 is 0 Å². The Morgan fingerprint density at radius 1 is 1.30 bits per heavy atom. The molecule has 2 aromatic rings. The van der Waals surface area contributed by atoms with Gasteiger partial charge in [-0.15, -0.1) is 0 Å². The van der Waals surface area contributed by atoms with Gasteiger partial charge in [-0.25, -0.2) is 0 Å². The Kier molecular flexibility index (Phi) is 4.96. The van der Waals surface area contributed by atoms with Crippen molar-refractivity contribution in [3.8, 4) is 0 Å². The molecule has 0 amide bonds. The molecule has 1 heterocycles. The van der Waals surface area contributed by atoms with E-state index in [0.29, 0.717) is 6.04 Å². The van der Waals surface area contributed by atoms with Crippen LogP contribution in [0.5, 0.6) is 0 Å². The molecule has 0 saturated heterocycles. The predicted molar refractivity (Wildman–Crippen MR) is 83.9 cm³/mol. The van der Waals surface area contributed by atoms with E-state index in [9.17, 15) is 0 Å².